The molecule has 2 rings (SSSR count). The van der Waals surface area contributed by atoms with Crippen LogP contribution in [-0.2, 0) is 4.74 Å². The third-order valence-electron chi connectivity index (χ3n) is 2.69. The van der Waals surface area contributed by atoms with Crippen molar-refractivity contribution in [3.8, 4) is 5.75 Å². The van der Waals surface area contributed by atoms with Gasteiger partial charge < -0.3 is 15.2 Å². The molecule has 5 heteroatoms. The molecule has 1 aromatic heterocycles. The van der Waals surface area contributed by atoms with E-state index in [2.05, 4.69) is 4.98 Å². The van der Waals surface area contributed by atoms with Gasteiger partial charge in [-0.2, -0.15) is 0 Å². The third-order valence-corrected chi connectivity index (χ3v) is 2.69. The lowest BCUT2D eigenvalue weighted by molar-refractivity contribution is 0.0527. The number of esters is 1. The Morgan fingerprint density at radius 1 is 1.32 bits per heavy atom. The van der Waals surface area contributed by atoms with Crippen molar-refractivity contribution in [2.45, 2.75) is 13.8 Å². The van der Waals surface area contributed by atoms with Gasteiger partial charge in [0.1, 0.15) is 11.3 Å². The van der Waals surface area contributed by atoms with Crippen molar-refractivity contribution in [3.05, 3.63) is 30.0 Å². The molecule has 0 atom stereocenters. The Hall–Kier alpha value is -2.30. The molecule has 0 saturated carbocycles. The van der Waals surface area contributed by atoms with Gasteiger partial charge in [-0.25, -0.2) is 4.79 Å². The lowest BCUT2D eigenvalue weighted by atomic mass is 10.1. The number of hydrogen-bond acceptors (Lipinski definition) is 5. The molecular formula is C14H16N2O3. The molecule has 0 amide bonds. The van der Waals surface area contributed by atoms with Gasteiger partial charge >= 0.3 is 5.97 Å². The normalized spacial score (nSPS) is 10.4. The molecule has 0 saturated heterocycles. The van der Waals surface area contributed by atoms with Gasteiger partial charge in [0.2, 0.25) is 0 Å². The molecule has 0 unspecified atom stereocenters. The highest BCUT2D eigenvalue weighted by Crippen LogP contribution is 2.26. The van der Waals surface area contributed by atoms with E-state index in [0.717, 1.165) is 5.75 Å². The summed E-state index contributed by atoms with van der Waals surface area (Å²) in [6, 6.07) is 5.40. The number of carbonyl (C=O) groups excluding carboxylic acids is 1. The third kappa shape index (κ3) is 2.59. The standard InChI is InChI=1S/C14H16N2O3/c1-3-18-9-5-6-10-12(7-9)16-8-11(13(10)15)14(17)19-4-2/h5-8H,3-4H2,1-2H3,(H2,15,16). The monoisotopic (exact) mass is 260 g/mol. The molecule has 1 heterocycles. The van der Waals surface area contributed by atoms with Gasteiger partial charge in [-0.3, -0.25) is 4.98 Å². The Morgan fingerprint density at radius 3 is 2.79 bits per heavy atom. The number of ether oxygens (including phenoxy) is 2. The topological polar surface area (TPSA) is 74.4 Å². The van der Waals surface area contributed by atoms with Crippen LogP contribution in [0.4, 0.5) is 5.69 Å². The highest BCUT2D eigenvalue weighted by molar-refractivity contribution is 6.04. The molecular weight excluding hydrogens is 244 g/mol. The quantitative estimate of drug-likeness (QED) is 0.854. The first-order valence-electron chi connectivity index (χ1n) is 6.15. The van der Waals surface area contributed by atoms with Gasteiger partial charge in [0.15, 0.2) is 0 Å². The number of nitrogens with two attached hydrogens (primary N) is 1. The van der Waals surface area contributed by atoms with Crippen molar-refractivity contribution < 1.29 is 14.3 Å². The van der Waals surface area contributed by atoms with Crippen molar-refractivity contribution in [1.82, 2.24) is 4.98 Å². The fraction of sp³-hybridized carbons (Fsp3) is 0.286. The fourth-order valence-corrected chi connectivity index (χ4v) is 1.82. The van der Waals surface area contributed by atoms with Crippen LogP contribution in [0, 0.1) is 0 Å². The summed E-state index contributed by atoms with van der Waals surface area (Å²) in [5.41, 5.74) is 7.36. The van der Waals surface area contributed by atoms with Crippen LogP contribution in [0.15, 0.2) is 24.4 Å². The average molecular weight is 260 g/mol. The summed E-state index contributed by atoms with van der Waals surface area (Å²) < 4.78 is 10.3. The van der Waals surface area contributed by atoms with E-state index in [4.69, 9.17) is 15.2 Å². The molecule has 0 radical (unpaired) electrons. The van der Waals surface area contributed by atoms with Crippen molar-refractivity contribution in [2.24, 2.45) is 0 Å². The van der Waals surface area contributed by atoms with Crippen molar-refractivity contribution in [2.75, 3.05) is 18.9 Å². The molecule has 100 valence electrons. The van der Waals surface area contributed by atoms with Crippen LogP contribution in [0.2, 0.25) is 0 Å². The van der Waals surface area contributed by atoms with Gasteiger partial charge in [0.05, 0.1) is 24.4 Å². The van der Waals surface area contributed by atoms with E-state index in [1.807, 2.05) is 6.92 Å². The first-order valence-corrected chi connectivity index (χ1v) is 6.15. The molecule has 0 aliphatic carbocycles. The number of pyridine rings is 1. The molecule has 2 aromatic rings. The number of fused-ring (bicyclic) bond motifs is 1. The molecule has 0 bridgehead atoms. The summed E-state index contributed by atoms with van der Waals surface area (Å²) in [5.74, 6) is 0.272. The second kappa shape index (κ2) is 5.56. The van der Waals surface area contributed by atoms with Crippen LogP contribution in [0.5, 0.6) is 5.75 Å². The molecule has 2 N–H and O–H groups in total. The number of hydrogen-bond donors (Lipinski definition) is 1. The number of nitrogens with zero attached hydrogens (tertiary/aromatic N) is 1. The zero-order chi connectivity index (χ0) is 13.8. The molecule has 0 aliphatic heterocycles. The van der Waals surface area contributed by atoms with E-state index in [1.165, 1.54) is 6.20 Å². The van der Waals surface area contributed by atoms with Crippen LogP contribution in [0.3, 0.4) is 0 Å². The van der Waals surface area contributed by atoms with E-state index in [9.17, 15) is 4.79 Å². The Bertz CT molecular complexity index is 611. The number of carbonyl (C=O) groups is 1. The van der Waals surface area contributed by atoms with Crippen LogP contribution in [0.1, 0.15) is 24.2 Å². The van der Waals surface area contributed by atoms with Crippen molar-refractivity contribution in [3.63, 3.8) is 0 Å². The maximum absolute atomic E-state index is 11.7. The van der Waals surface area contributed by atoms with Gasteiger partial charge in [-0.1, -0.05) is 0 Å². The molecule has 0 spiro atoms. The largest absolute Gasteiger partial charge is 0.494 e. The van der Waals surface area contributed by atoms with Crippen molar-refractivity contribution in [1.29, 1.82) is 0 Å². The number of benzene rings is 1. The van der Waals surface area contributed by atoms with Gasteiger partial charge in [-0.15, -0.1) is 0 Å². The minimum Gasteiger partial charge on any atom is -0.494 e. The predicted molar refractivity (Wildman–Crippen MR) is 73.3 cm³/mol. The van der Waals surface area contributed by atoms with Crippen LogP contribution < -0.4 is 10.5 Å². The lowest BCUT2D eigenvalue weighted by Gasteiger charge is -2.09. The Morgan fingerprint density at radius 2 is 2.11 bits per heavy atom. The maximum atomic E-state index is 11.7. The number of rotatable bonds is 4. The summed E-state index contributed by atoms with van der Waals surface area (Å²) in [7, 11) is 0. The SMILES string of the molecule is CCOC(=O)c1cnc2cc(OCC)ccc2c1N. The molecule has 1 aromatic carbocycles. The smallest absolute Gasteiger partial charge is 0.341 e. The summed E-state index contributed by atoms with van der Waals surface area (Å²) in [6.07, 6.45) is 1.44. The molecule has 5 nitrogen and oxygen atoms in total. The van der Waals surface area contributed by atoms with E-state index < -0.39 is 5.97 Å². The number of aromatic nitrogens is 1. The number of anilines is 1. The highest BCUT2D eigenvalue weighted by atomic mass is 16.5. The van der Waals surface area contributed by atoms with Gasteiger partial charge in [0, 0.05) is 17.6 Å². The van der Waals surface area contributed by atoms with E-state index in [-0.39, 0.29) is 0 Å². The maximum Gasteiger partial charge on any atom is 0.341 e. The van der Waals surface area contributed by atoms with Crippen LogP contribution >= 0.6 is 0 Å². The second-order valence-corrected chi connectivity index (χ2v) is 3.92. The van der Waals surface area contributed by atoms with Gasteiger partial charge in [-0.05, 0) is 26.0 Å². The second-order valence-electron chi connectivity index (χ2n) is 3.92. The van der Waals surface area contributed by atoms with Gasteiger partial charge in [0.25, 0.3) is 0 Å². The summed E-state index contributed by atoms with van der Waals surface area (Å²) in [4.78, 5) is 15.9. The molecule has 0 aliphatic rings. The Kier molecular flexibility index (Phi) is 3.85. The van der Waals surface area contributed by atoms with Crippen molar-refractivity contribution >= 4 is 22.6 Å². The Balaban J connectivity index is 2.47. The average Bonchev–Trinajstić information content (AvgIpc) is 2.39. The van der Waals surface area contributed by atoms with Crippen LogP contribution in [0.25, 0.3) is 10.9 Å². The van der Waals surface area contributed by atoms with E-state index in [0.29, 0.717) is 35.4 Å². The predicted octanol–water partition coefficient (Wildman–Crippen LogP) is 2.39. The summed E-state index contributed by atoms with van der Waals surface area (Å²) in [5, 5.41) is 0.717. The first-order chi connectivity index (χ1) is 9.17. The fourth-order valence-electron chi connectivity index (χ4n) is 1.82. The van der Waals surface area contributed by atoms with Crippen LogP contribution in [-0.4, -0.2) is 24.2 Å². The zero-order valence-corrected chi connectivity index (χ0v) is 11.0. The molecule has 19 heavy (non-hydrogen) atoms. The number of nitrogen functional groups attached to an aromatic ring is 1. The molecule has 0 fully saturated rings. The highest BCUT2D eigenvalue weighted by Gasteiger charge is 2.14. The van der Waals surface area contributed by atoms with E-state index >= 15 is 0 Å². The zero-order valence-electron chi connectivity index (χ0n) is 11.0. The first kappa shape index (κ1) is 13.1. The van der Waals surface area contributed by atoms with E-state index in [1.54, 1.807) is 25.1 Å². The minimum atomic E-state index is -0.455. The Labute approximate surface area is 111 Å². The summed E-state index contributed by atoms with van der Waals surface area (Å²) >= 11 is 0. The summed E-state index contributed by atoms with van der Waals surface area (Å²) in [6.45, 7) is 4.55. The lowest BCUT2D eigenvalue weighted by Crippen LogP contribution is -2.09. The minimum absolute atomic E-state index is 0.290.